The first-order valence-electron chi connectivity index (χ1n) is 8.65. The monoisotopic (exact) mass is 290 g/mol. The summed E-state index contributed by atoms with van der Waals surface area (Å²) in [5.74, 6) is 0.581. The number of unbranched alkanes of at least 4 members (excludes halogenated alkanes) is 3. The van der Waals surface area contributed by atoms with Gasteiger partial charge in [0.1, 0.15) is 0 Å². The van der Waals surface area contributed by atoms with Crippen molar-refractivity contribution < 1.29 is 9.47 Å². The molecule has 1 aromatic rings. The van der Waals surface area contributed by atoms with Gasteiger partial charge in [-0.3, -0.25) is 0 Å². The Balaban J connectivity index is 1.73. The highest BCUT2D eigenvalue weighted by molar-refractivity contribution is 5.23. The van der Waals surface area contributed by atoms with Crippen molar-refractivity contribution in [2.45, 2.75) is 65.1 Å². The van der Waals surface area contributed by atoms with Crippen molar-refractivity contribution in [3.63, 3.8) is 0 Å². The van der Waals surface area contributed by atoms with Crippen molar-refractivity contribution in [3.8, 4) is 0 Å². The van der Waals surface area contributed by atoms with Crippen molar-refractivity contribution in [2.75, 3.05) is 13.2 Å². The Labute approximate surface area is 129 Å². The summed E-state index contributed by atoms with van der Waals surface area (Å²) in [6, 6.07) is 8.69. The van der Waals surface area contributed by atoms with Crippen LogP contribution < -0.4 is 0 Å². The van der Waals surface area contributed by atoms with Gasteiger partial charge in [0, 0.05) is 11.5 Å². The summed E-state index contributed by atoms with van der Waals surface area (Å²) in [5.41, 5.74) is 2.55. The van der Waals surface area contributed by atoms with Gasteiger partial charge in [-0.15, -0.1) is 0 Å². The summed E-state index contributed by atoms with van der Waals surface area (Å²) < 4.78 is 11.8. The number of ether oxygens (including phenoxy) is 2. The lowest BCUT2D eigenvalue weighted by molar-refractivity contribution is -0.206. The van der Waals surface area contributed by atoms with Crippen molar-refractivity contribution in [3.05, 3.63) is 35.4 Å². The predicted molar refractivity (Wildman–Crippen MR) is 87.3 cm³/mol. The SMILES string of the molecule is CCCCCCC1COC(c2ccc(CCC)cc2)OC1. The van der Waals surface area contributed by atoms with Gasteiger partial charge in [0.2, 0.25) is 0 Å². The van der Waals surface area contributed by atoms with E-state index in [9.17, 15) is 0 Å². The Morgan fingerprint density at radius 3 is 2.24 bits per heavy atom. The molecule has 1 aliphatic heterocycles. The fourth-order valence-electron chi connectivity index (χ4n) is 2.89. The highest BCUT2D eigenvalue weighted by Gasteiger charge is 2.23. The normalized spacial score (nSPS) is 22.4. The Morgan fingerprint density at radius 2 is 1.62 bits per heavy atom. The number of hydrogen-bond acceptors (Lipinski definition) is 2. The van der Waals surface area contributed by atoms with Crippen LogP contribution in [-0.2, 0) is 15.9 Å². The van der Waals surface area contributed by atoms with Crippen LogP contribution >= 0.6 is 0 Å². The van der Waals surface area contributed by atoms with E-state index in [0.717, 1.165) is 25.2 Å². The second-order valence-electron chi connectivity index (χ2n) is 6.21. The lowest BCUT2D eigenvalue weighted by atomic mass is 10.0. The van der Waals surface area contributed by atoms with Gasteiger partial charge in [0.15, 0.2) is 6.29 Å². The third-order valence-corrected chi connectivity index (χ3v) is 4.22. The molecule has 0 spiro atoms. The zero-order valence-electron chi connectivity index (χ0n) is 13.6. The summed E-state index contributed by atoms with van der Waals surface area (Å²) in [6.07, 6.45) is 8.71. The highest BCUT2D eigenvalue weighted by atomic mass is 16.7. The summed E-state index contributed by atoms with van der Waals surface area (Å²) in [7, 11) is 0. The molecule has 1 saturated heterocycles. The van der Waals surface area contributed by atoms with Crippen molar-refractivity contribution in [1.82, 2.24) is 0 Å². The maximum Gasteiger partial charge on any atom is 0.183 e. The molecule has 0 radical (unpaired) electrons. The van der Waals surface area contributed by atoms with Crippen LogP contribution in [-0.4, -0.2) is 13.2 Å². The molecule has 0 bridgehead atoms. The van der Waals surface area contributed by atoms with Gasteiger partial charge in [-0.25, -0.2) is 0 Å². The van der Waals surface area contributed by atoms with E-state index in [1.54, 1.807) is 0 Å². The van der Waals surface area contributed by atoms with E-state index in [4.69, 9.17) is 9.47 Å². The molecule has 0 saturated carbocycles. The maximum absolute atomic E-state index is 5.91. The van der Waals surface area contributed by atoms with Crippen LogP contribution in [0.2, 0.25) is 0 Å². The minimum atomic E-state index is -0.160. The molecule has 0 amide bonds. The Bertz CT molecular complexity index is 377. The molecule has 0 aliphatic carbocycles. The molecule has 0 N–H and O–H groups in total. The number of benzene rings is 1. The van der Waals surface area contributed by atoms with Crippen molar-refractivity contribution >= 4 is 0 Å². The standard InChI is InChI=1S/C19H30O2/c1-3-5-6-7-9-17-14-20-19(21-15-17)18-12-10-16(8-4-2)11-13-18/h10-13,17,19H,3-9,14-15H2,1-2H3. The lowest BCUT2D eigenvalue weighted by Gasteiger charge is -2.29. The van der Waals surface area contributed by atoms with E-state index in [0.29, 0.717) is 5.92 Å². The van der Waals surface area contributed by atoms with Crippen molar-refractivity contribution in [1.29, 1.82) is 0 Å². The molecular weight excluding hydrogens is 260 g/mol. The van der Waals surface area contributed by atoms with E-state index >= 15 is 0 Å². The first kappa shape index (κ1) is 16.5. The molecule has 1 aromatic carbocycles. The summed E-state index contributed by atoms with van der Waals surface area (Å²) >= 11 is 0. The van der Waals surface area contributed by atoms with Gasteiger partial charge in [-0.2, -0.15) is 0 Å². The smallest absolute Gasteiger partial charge is 0.183 e. The fraction of sp³-hybridized carbons (Fsp3) is 0.684. The maximum atomic E-state index is 5.91. The second kappa shape index (κ2) is 9.22. The zero-order valence-corrected chi connectivity index (χ0v) is 13.6. The van der Waals surface area contributed by atoms with Crippen LogP contribution in [0.4, 0.5) is 0 Å². The van der Waals surface area contributed by atoms with E-state index in [2.05, 4.69) is 38.1 Å². The van der Waals surface area contributed by atoms with Gasteiger partial charge < -0.3 is 9.47 Å². The van der Waals surface area contributed by atoms with E-state index in [1.165, 1.54) is 44.1 Å². The number of hydrogen-bond donors (Lipinski definition) is 0. The van der Waals surface area contributed by atoms with Crippen LogP contribution in [0.3, 0.4) is 0 Å². The van der Waals surface area contributed by atoms with E-state index < -0.39 is 0 Å². The molecule has 1 fully saturated rings. The van der Waals surface area contributed by atoms with Gasteiger partial charge in [0.25, 0.3) is 0 Å². The average Bonchev–Trinajstić information content (AvgIpc) is 2.53. The molecule has 0 atom stereocenters. The topological polar surface area (TPSA) is 18.5 Å². The van der Waals surface area contributed by atoms with Crippen LogP contribution in [0, 0.1) is 5.92 Å². The van der Waals surface area contributed by atoms with Crippen LogP contribution in [0.15, 0.2) is 24.3 Å². The molecule has 2 nitrogen and oxygen atoms in total. The fourth-order valence-corrected chi connectivity index (χ4v) is 2.89. The summed E-state index contributed by atoms with van der Waals surface area (Å²) in [6.45, 7) is 6.14. The second-order valence-corrected chi connectivity index (χ2v) is 6.21. The third kappa shape index (κ3) is 5.44. The zero-order chi connectivity index (χ0) is 14.9. The molecule has 118 valence electrons. The molecule has 2 rings (SSSR count). The Kier molecular flexibility index (Phi) is 7.25. The van der Waals surface area contributed by atoms with Crippen LogP contribution in [0.1, 0.15) is 69.8 Å². The number of rotatable bonds is 8. The predicted octanol–water partition coefficient (Wildman–Crippen LogP) is 5.27. The van der Waals surface area contributed by atoms with Crippen LogP contribution in [0.5, 0.6) is 0 Å². The molecule has 0 aromatic heterocycles. The Morgan fingerprint density at radius 1 is 0.905 bits per heavy atom. The van der Waals surface area contributed by atoms with Gasteiger partial charge in [0.05, 0.1) is 13.2 Å². The summed E-state index contributed by atoms with van der Waals surface area (Å²) in [5, 5.41) is 0. The molecule has 1 aliphatic rings. The average molecular weight is 290 g/mol. The minimum Gasteiger partial charge on any atom is -0.348 e. The molecular formula is C19H30O2. The minimum absolute atomic E-state index is 0.160. The molecule has 21 heavy (non-hydrogen) atoms. The lowest BCUT2D eigenvalue weighted by Crippen LogP contribution is -2.27. The molecule has 1 heterocycles. The quantitative estimate of drug-likeness (QED) is 0.607. The first-order valence-corrected chi connectivity index (χ1v) is 8.65. The van der Waals surface area contributed by atoms with Gasteiger partial charge in [-0.1, -0.05) is 70.2 Å². The first-order chi connectivity index (χ1) is 10.3. The third-order valence-electron chi connectivity index (χ3n) is 4.22. The van der Waals surface area contributed by atoms with Gasteiger partial charge >= 0.3 is 0 Å². The number of aryl methyl sites for hydroxylation is 1. The molecule has 2 heteroatoms. The van der Waals surface area contributed by atoms with E-state index in [-0.39, 0.29) is 6.29 Å². The van der Waals surface area contributed by atoms with E-state index in [1.807, 2.05) is 0 Å². The summed E-state index contributed by atoms with van der Waals surface area (Å²) in [4.78, 5) is 0. The van der Waals surface area contributed by atoms with Crippen molar-refractivity contribution in [2.24, 2.45) is 5.92 Å². The highest BCUT2D eigenvalue weighted by Crippen LogP contribution is 2.27. The largest absolute Gasteiger partial charge is 0.348 e. The molecule has 0 unspecified atom stereocenters. The van der Waals surface area contributed by atoms with Gasteiger partial charge in [-0.05, 0) is 18.4 Å². The van der Waals surface area contributed by atoms with Crippen LogP contribution in [0.25, 0.3) is 0 Å². The Hall–Kier alpha value is -0.860.